The van der Waals surface area contributed by atoms with Crippen LogP contribution >= 0.6 is 0 Å². The third kappa shape index (κ3) is 5.74. The molecule has 0 saturated carbocycles. The van der Waals surface area contributed by atoms with Crippen LogP contribution in [0.1, 0.15) is 52.0 Å². The summed E-state index contributed by atoms with van der Waals surface area (Å²) in [6, 6.07) is 8.96. The van der Waals surface area contributed by atoms with Gasteiger partial charge in [0, 0.05) is 19.6 Å². The van der Waals surface area contributed by atoms with Crippen molar-refractivity contribution in [3.8, 4) is 0 Å². The van der Waals surface area contributed by atoms with Gasteiger partial charge in [-0.25, -0.2) is 9.59 Å². The topological polar surface area (TPSA) is 76.2 Å². The highest BCUT2D eigenvalue weighted by atomic mass is 16.6. The molecule has 2 aliphatic rings. The van der Waals surface area contributed by atoms with Crippen LogP contribution in [-0.4, -0.2) is 59.0 Å². The van der Waals surface area contributed by atoms with Gasteiger partial charge in [-0.1, -0.05) is 30.3 Å². The molecule has 0 N–H and O–H groups in total. The van der Waals surface area contributed by atoms with E-state index in [1.807, 2.05) is 51.1 Å². The number of carbonyl (C=O) groups excluding carboxylic acids is 3. The number of hydrogen-bond acceptors (Lipinski definition) is 5. The van der Waals surface area contributed by atoms with Gasteiger partial charge >= 0.3 is 12.1 Å². The summed E-state index contributed by atoms with van der Waals surface area (Å²) in [6.45, 7) is 7.15. The normalized spacial score (nSPS) is 22.0. The molecule has 1 unspecified atom stereocenters. The minimum Gasteiger partial charge on any atom is -0.459 e. The van der Waals surface area contributed by atoms with Crippen molar-refractivity contribution in [1.82, 2.24) is 9.80 Å². The molecule has 2 fully saturated rings. The van der Waals surface area contributed by atoms with Gasteiger partial charge in [0.1, 0.15) is 18.2 Å². The highest BCUT2D eigenvalue weighted by Gasteiger charge is 2.40. The first kappa shape index (κ1) is 22.1. The first-order valence-corrected chi connectivity index (χ1v) is 10.7. The van der Waals surface area contributed by atoms with Crippen molar-refractivity contribution in [2.24, 2.45) is 5.92 Å². The SMILES string of the molecule is CC(C)(C)OC(=O)N1CCC[C@H](C(=O)N2CCCC2C(=O)OCc2ccccc2)C1. The molecule has 2 amide bonds. The quantitative estimate of drug-likeness (QED) is 0.704. The molecule has 164 valence electrons. The highest BCUT2D eigenvalue weighted by molar-refractivity contribution is 5.87. The number of likely N-dealkylation sites (tertiary alicyclic amines) is 2. The fourth-order valence-electron chi connectivity index (χ4n) is 4.01. The molecule has 0 aromatic heterocycles. The van der Waals surface area contributed by atoms with Crippen LogP contribution in [0.5, 0.6) is 0 Å². The lowest BCUT2D eigenvalue weighted by Gasteiger charge is -2.35. The fourth-order valence-corrected chi connectivity index (χ4v) is 4.01. The predicted molar refractivity (Wildman–Crippen MR) is 112 cm³/mol. The number of nitrogens with zero attached hydrogens (tertiary/aromatic N) is 2. The van der Waals surface area contributed by atoms with Gasteiger partial charge in [-0.3, -0.25) is 4.79 Å². The molecular formula is C23H32N2O5. The molecule has 1 aromatic carbocycles. The summed E-state index contributed by atoms with van der Waals surface area (Å²) in [5.74, 6) is -0.735. The summed E-state index contributed by atoms with van der Waals surface area (Å²) in [5.41, 5.74) is 0.346. The van der Waals surface area contributed by atoms with E-state index in [9.17, 15) is 14.4 Å². The fraction of sp³-hybridized carbons (Fsp3) is 0.609. The molecule has 30 heavy (non-hydrogen) atoms. The Morgan fingerprint density at radius 2 is 1.73 bits per heavy atom. The number of carbonyl (C=O) groups is 3. The number of ether oxygens (including phenoxy) is 2. The summed E-state index contributed by atoms with van der Waals surface area (Å²) in [5, 5.41) is 0. The monoisotopic (exact) mass is 416 g/mol. The molecule has 7 nitrogen and oxygen atoms in total. The van der Waals surface area contributed by atoms with Crippen molar-refractivity contribution in [2.45, 2.75) is 64.7 Å². The molecule has 0 spiro atoms. The lowest BCUT2D eigenvalue weighted by atomic mass is 9.96. The molecular weight excluding hydrogens is 384 g/mol. The van der Waals surface area contributed by atoms with Crippen LogP contribution < -0.4 is 0 Å². The van der Waals surface area contributed by atoms with Crippen LogP contribution in [-0.2, 0) is 25.7 Å². The number of esters is 1. The highest BCUT2D eigenvalue weighted by Crippen LogP contribution is 2.26. The molecule has 0 aliphatic carbocycles. The second-order valence-corrected chi connectivity index (χ2v) is 9.05. The summed E-state index contributed by atoms with van der Waals surface area (Å²) in [7, 11) is 0. The zero-order chi connectivity index (χ0) is 21.7. The average Bonchev–Trinajstić information content (AvgIpc) is 3.21. The maximum absolute atomic E-state index is 13.2. The summed E-state index contributed by atoms with van der Waals surface area (Å²) in [6.07, 6.45) is 2.45. The number of benzene rings is 1. The molecule has 2 aliphatic heterocycles. The van der Waals surface area contributed by atoms with Crippen molar-refractivity contribution >= 4 is 18.0 Å². The zero-order valence-electron chi connectivity index (χ0n) is 18.1. The van der Waals surface area contributed by atoms with Gasteiger partial charge in [-0.15, -0.1) is 0 Å². The van der Waals surface area contributed by atoms with Crippen molar-refractivity contribution in [3.63, 3.8) is 0 Å². The number of hydrogen-bond donors (Lipinski definition) is 0. The van der Waals surface area contributed by atoms with E-state index in [0.717, 1.165) is 18.4 Å². The van der Waals surface area contributed by atoms with Gasteiger partial charge in [0.2, 0.25) is 5.91 Å². The molecule has 2 atom stereocenters. The Bertz CT molecular complexity index is 759. The Kier molecular flexibility index (Phi) is 7.00. The van der Waals surface area contributed by atoms with E-state index in [2.05, 4.69) is 0 Å². The van der Waals surface area contributed by atoms with Gasteiger partial charge in [-0.05, 0) is 52.0 Å². The van der Waals surface area contributed by atoms with Gasteiger partial charge in [0.05, 0.1) is 5.92 Å². The van der Waals surface area contributed by atoms with Crippen LogP contribution in [0.4, 0.5) is 4.79 Å². The lowest BCUT2D eigenvalue weighted by molar-refractivity contribution is -0.156. The minimum absolute atomic E-state index is 0.0672. The second kappa shape index (κ2) is 9.49. The van der Waals surface area contributed by atoms with Gasteiger partial charge < -0.3 is 19.3 Å². The minimum atomic E-state index is -0.573. The molecule has 2 saturated heterocycles. The molecule has 7 heteroatoms. The Morgan fingerprint density at radius 1 is 1.03 bits per heavy atom. The van der Waals surface area contributed by atoms with Crippen LogP contribution in [0.15, 0.2) is 30.3 Å². The maximum atomic E-state index is 13.2. The van der Waals surface area contributed by atoms with Crippen LogP contribution in [0.2, 0.25) is 0 Å². The molecule has 2 heterocycles. The Balaban J connectivity index is 1.57. The summed E-state index contributed by atoms with van der Waals surface area (Å²) in [4.78, 5) is 41.5. The van der Waals surface area contributed by atoms with E-state index in [-0.39, 0.29) is 30.5 Å². The van der Waals surface area contributed by atoms with Gasteiger partial charge in [0.15, 0.2) is 0 Å². The number of amides is 2. The third-order valence-electron chi connectivity index (χ3n) is 5.45. The van der Waals surface area contributed by atoms with E-state index < -0.39 is 11.6 Å². The average molecular weight is 417 g/mol. The van der Waals surface area contributed by atoms with Crippen LogP contribution in [0, 0.1) is 5.92 Å². The smallest absolute Gasteiger partial charge is 0.410 e. The van der Waals surface area contributed by atoms with Crippen molar-refractivity contribution < 1.29 is 23.9 Å². The van der Waals surface area contributed by atoms with Crippen molar-refractivity contribution in [2.75, 3.05) is 19.6 Å². The lowest BCUT2D eigenvalue weighted by Crippen LogP contribution is -2.50. The van der Waals surface area contributed by atoms with Crippen LogP contribution in [0.3, 0.4) is 0 Å². The predicted octanol–water partition coefficient (Wildman–Crippen LogP) is 3.37. The second-order valence-electron chi connectivity index (χ2n) is 9.05. The van der Waals surface area contributed by atoms with Crippen LogP contribution in [0.25, 0.3) is 0 Å². The first-order valence-electron chi connectivity index (χ1n) is 10.7. The number of piperidine rings is 1. The van der Waals surface area contributed by atoms with E-state index in [4.69, 9.17) is 9.47 Å². The summed E-state index contributed by atoms with van der Waals surface area (Å²) >= 11 is 0. The standard InChI is InChI=1S/C23H32N2O5/c1-23(2,3)30-22(28)24-13-7-11-18(15-24)20(26)25-14-8-12-19(25)21(27)29-16-17-9-5-4-6-10-17/h4-6,9-10,18-19H,7-8,11-16H2,1-3H3/t18-,19?/m0/s1. The Morgan fingerprint density at radius 3 is 2.43 bits per heavy atom. The molecule has 1 aromatic rings. The maximum Gasteiger partial charge on any atom is 0.410 e. The largest absolute Gasteiger partial charge is 0.459 e. The first-order chi connectivity index (χ1) is 14.2. The molecule has 3 rings (SSSR count). The van der Waals surface area contributed by atoms with Gasteiger partial charge in [0.25, 0.3) is 0 Å². The van der Waals surface area contributed by atoms with E-state index in [1.165, 1.54) is 0 Å². The molecule has 0 bridgehead atoms. The zero-order valence-corrected chi connectivity index (χ0v) is 18.1. The van der Waals surface area contributed by atoms with Gasteiger partial charge in [-0.2, -0.15) is 0 Å². The van der Waals surface area contributed by atoms with Crippen molar-refractivity contribution in [1.29, 1.82) is 0 Å². The number of rotatable bonds is 4. The Labute approximate surface area is 178 Å². The van der Waals surface area contributed by atoms with E-state index in [0.29, 0.717) is 32.5 Å². The molecule has 0 radical (unpaired) electrons. The summed E-state index contributed by atoms with van der Waals surface area (Å²) < 4.78 is 10.9. The third-order valence-corrected chi connectivity index (χ3v) is 5.45. The van der Waals surface area contributed by atoms with E-state index in [1.54, 1.807) is 9.80 Å². The van der Waals surface area contributed by atoms with E-state index >= 15 is 0 Å². The van der Waals surface area contributed by atoms with Crippen molar-refractivity contribution in [3.05, 3.63) is 35.9 Å². The Hall–Kier alpha value is -2.57.